The highest BCUT2D eigenvalue weighted by Crippen LogP contribution is 2.33. The molecule has 1 fully saturated rings. The maximum absolute atomic E-state index is 12.6. The molecule has 120 valence electrons. The molecule has 1 aliphatic heterocycles. The van der Waals surface area contributed by atoms with Gasteiger partial charge < -0.3 is 10.2 Å². The molecule has 0 radical (unpaired) electrons. The van der Waals surface area contributed by atoms with Crippen LogP contribution in [0, 0.1) is 0 Å². The Labute approximate surface area is 138 Å². The van der Waals surface area contributed by atoms with Gasteiger partial charge in [0, 0.05) is 19.7 Å². The number of thiazole rings is 1. The lowest BCUT2D eigenvalue weighted by molar-refractivity contribution is -0.119. The zero-order chi connectivity index (χ0) is 16.2. The Kier molecular flexibility index (Phi) is 4.66. The molecular formula is C16H18N4O2S. The molecule has 0 unspecified atom stereocenters. The van der Waals surface area contributed by atoms with Crippen molar-refractivity contribution in [1.82, 2.24) is 20.2 Å². The lowest BCUT2D eigenvalue weighted by atomic mass is 10.0. The summed E-state index contributed by atoms with van der Waals surface area (Å²) in [6.07, 6.45) is 5.28. The van der Waals surface area contributed by atoms with E-state index in [4.69, 9.17) is 0 Å². The smallest absolute Gasteiger partial charge is 0.266 e. The summed E-state index contributed by atoms with van der Waals surface area (Å²) in [7, 11) is 0. The van der Waals surface area contributed by atoms with Crippen LogP contribution in [0.3, 0.4) is 0 Å². The normalized spacial score (nSPS) is 17.3. The van der Waals surface area contributed by atoms with Crippen LogP contribution in [0.25, 0.3) is 0 Å². The van der Waals surface area contributed by atoms with Crippen LogP contribution in [0.4, 0.5) is 0 Å². The first-order valence-corrected chi connectivity index (χ1v) is 8.42. The average Bonchev–Trinajstić information content (AvgIpc) is 3.23. The molecule has 7 heteroatoms. The molecule has 0 aliphatic carbocycles. The second kappa shape index (κ2) is 6.87. The molecule has 1 N–H and O–H groups in total. The number of carbonyl (C=O) groups is 2. The fourth-order valence-corrected chi connectivity index (χ4v) is 3.41. The molecule has 2 aromatic rings. The van der Waals surface area contributed by atoms with E-state index in [0.29, 0.717) is 11.4 Å². The van der Waals surface area contributed by atoms with Crippen molar-refractivity contribution in [3.05, 3.63) is 46.2 Å². The zero-order valence-electron chi connectivity index (χ0n) is 12.9. The maximum Gasteiger partial charge on any atom is 0.266 e. The second-order valence-electron chi connectivity index (χ2n) is 5.51. The Morgan fingerprint density at radius 3 is 3.09 bits per heavy atom. The minimum atomic E-state index is -0.0833. The minimum absolute atomic E-state index is 0.0372. The third kappa shape index (κ3) is 3.56. The SMILES string of the molecule is CC(=O)NCc1cc([C@@H]2CCCN2C(=O)c2cncs2)ccn1. The van der Waals surface area contributed by atoms with E-state index in [1.807, 2.05) is 17.0 Å². The van der Waals surface area contributed by atoms with E-state index in [0.717, 1.165) is 30.6 Å². The molecule has 1 aliphatic rings. The maximum atomic E-state index is 12.6. The Morgan fingerprint density at radius 1 is 1.48 bits per heavy atom. The highest BCUT2D eigenvalue weighted by Gasteiger charge is 2.31. The van der Waals surface area contributed by atoms with E-state index in [2.05, 4.69) is 15.3 Å². The van der Waals surface area contributed by atoms with Gasteiger partial charge in [0.05, 0.1) is 30.0 Å². The molecule has 2 aromatic heterocycles. The molecule has 3 heterocycles. The van der Waals surface area contributed by atoms with E-state index in [9.17, 15) is 9.59 Å². The van der Waals surface area contributed by atoms with Gasteiger partial charge in [-0.2, -0.15) is 0 Å². The van der Waals surface area contributed by atoms with Crippen molar-refractivity contribution in [2.24, 2.45) is 0 Å². The monoisotopic (exact) mass is 330 g/mol. The standard InChI is InChI=1S/C16H18N4O2S/c1-11(21)19-8-13-7-12(4-5-18-13)14-3-2-6-20(14)16(22)15-9-17-10-23-15/h4-5,7,9-10,14H,2-3,6,8H2,1H3,(H,19,21)/t14-/m0/s1. The van der Waals surface area contributed by atoms with Crippen molar-refractivity contribution in [3.8, 4) is 0 Å². The molecule has 0 saturated carbocycles. The first kappa shape index (κ1) is 15.6. The van der Waals surface area contributed by atoms with Gasteiger partial charge in [-0.3, -0.25) is 19.6 Å². The molecule has 23 heavy (non-hydrogen) atoms. The number of likely N-dealkylation sites (tertiary alicyclic amines) is 1. The molecule has 0 aromatic carbocycles. The van der Waals surface area contributed by atoms with Crippen LogP contribution >= 0.6 is 11.3 Å². The van der Waals surface area contributed by atoms with Crippen molar-refractivity contribution in [1.29, 1.82) is 0 Å². The summed E-state index contributed by atoms with van der Waals surface area (Å²) in [6.45, 7) is 2.64. The summed E-state index contributed by atoms with van der Waals surface area (Å²) in [5, 5.41) is 2.75. The van der Waals surface area contributed by atoms with Crippen LogP contribution < -0.4 is 5.32 Å². The molecule has 6 nitrogen and oxygen atoms in total. The molecule has 3 rings (SSSR count). The Hall–Kier alpha value is -2.28. The fourth-order valence-electron chi connectivity index (χ4n) is 2.84. The largest absolute Gasteiger partial charge is 0.351 e. The topological polar surface area (TPSA) is 75.2 Å². The van der Waals surface area contributed by atoms with Gasteiger partial charge in [-0.1, -0.05) is 0 Å². The minimum Gasteiger partial charge on any atom is -0.351 e. The summed E-state index contributed by atoms with van der Waals surface area (Å²) >= 11 is 1.37. The highest BCUT2D eigenvalue weighted by molar-refractivity contribution is 7.11. The summed E-state index contributed by atoms with van der Waals surface area (Å²) < 4.78 is 0. The highest BCUT2D eigenvalue weighted by atomic mass is 32.1. The van der Waals surface area contributed by atoms with Crippen molar-refractivity contribution in [2.75, 3.05) is 6.54 Å². The van der Waals surface area contributed by atoms with Gasteiger partial charge in [0.15, 0.2) is 0 Å². The fraction of sp³-hybridized carbons (Fsp3) is 0.375. The number of pyridine rings is 1. The van der Waals surface area contributed by atoms with Crippen molar-refractivity contribution in [3.63, 3.8) is 0 Å². The van der Waals surface area contributed by atoms with Gasteiger partial charge in [0.2, 0.25) is 5.91 Å². The Balaban J connectivity index is 1.78. The number of nitrogens with one attached hydrogen (secondary N) is 1. The van der Waals surface area contributed by atoms with E-state index in [1.165, 1.54) is 18.3 Å². The number of amides is 2. The van der Waals surface area contributed by atoms with Crippen LogP contribution in [0.2, 0.25) is 0 Å². The van der Waals surface area contributed by atoms with Crippen LogP contribution in [0.5, 0.6) is 0 Å². The second-order valence-corrected chi connectivity index (χ2v) is 6.40. The third-order valence-electron chi connectivity index (χ3n) is 3.90. The summed E-state index contributed by atoms with van der Waals surface area (Å²) in [6, 6.07) is 3.97. The number of hydrogen-bond acceptors (Lipinski definition) is 5. The van der Waals surface area contributed by atoms with Crippen molar-refractivity contribution < 1.29 is 9.59 Å². The molecular weight excluding hydrogens is 312 g/mol. The molecule has 0 spiro atoms. The average molecular weight is 330 g/mol. The van der Waals surface area contributed by atoms with Gasteiger partial charge in [0.1, 0.15) is 4.88 Å². The van der Waals surface area contributed by atoms with Gasteiger partial charge in [0.25, 0.3) is 5.91 Å². The van der Waals surface area contributed by atoms with Crippen molar-refractivity contribution >= 4 is 23.2 Å². The number of rotatable bonds is 4. The predicted molar refractivity (Wildman–Crippen MR) is 86.9 cm³/mol. The summed E-state index contributed by atoms with van der Waals surface area (Å²) in [5.74, 6) is -0.0460. The first-order chi connectivity index (χ1) is 11.1. The van der Waals surface area contributed by atoms with E-state index < -0.39 is 0 Å². The zero-order valence-corrected chi connectivity index (χ0v) is 13.7. The Morgan fingerprint density at radius 2 is 2.35 bits per heavy atom. The lowest BCUT2D eigenvalue weighted by Gasteiger charge is -2.24. The summed E-state index contributed by atoms with van der Waals surface area (Å²) in [4.78, 5) is 34.5. The van der Waals surface area contributed by atoms with Crippen molar-refractivity contribution in [2.45, 2.75) is 32.4 Å². The van der Waals surface area contributed by atoms with Crippen LogP contribution in [-0.4, -0.2) is 33.2 Å². The first-order valence-electron chi connectivity index (χ1n) is 7.54. The molecule has 2 amide bonds. The number of aromatic nitrogens is 2. The van der Waals surface area contributed by atoms with Gasteiger partial charge in [-0.25, -0.2) is 0 Å². The van der Waals surface area contributed by atoms with Gasteiger partial charge in [-0.15, -0.1) is 11.3 Å². The van der Waals surface area contributed by atoms with Gasteiger partial charge >= 0.3 is 0 Å². The molecule has 1 atom stereocenters. The number of carbonyl (C=O) groups excluding carboxylic acids is 2. The summed E-state index contributed by atoms with van der Waals surface area (Å²) in [5.41, 5.74) is 3.54. The number of hydrogen-bond donors (Lipinski definition) is 1. The van der Waals surface area contributed by atoms with E-state index in [1.54, 1.807) is 17.9 Å². The van der Waals surface area contributed by atoms with E-state index in [-0.39, 0.29) is 17.9 Å². The van der Waals surface area contributed by atoms with E-state index >= 15 is 0 Å². The van der Waals surface area contributed by atoms with Crippen LogP contribution in [0.1, 0.15) is 46.7 Å². The number of nitrogens with zero attached hydrogens (tertiary/aromatic N) is 3. The predicted octanol–water partition coefficient (Wildman–Crippen LogP) is 2.15. The molecule has 0 bridgehead atoms. The Bertz CT molecular complexity index is 702. The third-order valence-corrected chi connectivity index (χ3v) is 4.66. The van der Waals surface area contributed by atoms with Gasteiger partial charge in [-0.05, 0) is 30.5 Å². The van der Waals surface area contributed by atoms with Crippen LogP contribution in [-0.2, 0) is 11.3 Å². The lowest BCUT2D eigenvalue weighted by Crippen LogP contribution is -2.30. The molecule has 1 saturated heterocycles. The quantitative estimate of drug-likeness (QED) is 0.932. The van der Waals surface area contributed by atoms with Crippen LogP contribution in [0.15, 0.2) is 30.0 Å².